The number of hydrogen-bond acceptors (Lipinski definition) is 4. The van der Waals surface area contributed by atoms with E-state index >= 15 is 0 Å². The van der Waals surface area contributed by atoms with Crippen LogP contribution in [0.2, 0.25) is 0 Å². The fraction of sp³-hybridized carbons (Fsp3) is 0.588. The average Bonchev–Trinajstić information content (AvgIpc) is 3.38. The first kappa shape index (κ1) is 15.3. The lowest BCUT2D eigenvalue weighted by atomic mass is 10.0. The van der Waals surface area contributed by atoms with Crippen molar-refractivity contribution in [2.75, 3.05) is 26.8 Å². The second-order valence-corrected chi connectivity index (χ2v) is 6.16. The smallest absolute Gasteiger partial charge is 0.340 e. The molecular formula is C17H22FNO3. The first-order chi connectivity index (χ1) is 10.7. The predicted octanol–water partition coefficient (Wildman–Crippen LogP) is 2.87. The van der Waals surface area contributed by atoms with Crippen LogP contribution in [-0.4, -0.2) is 32.8 Å². The zero-order valence-corrected chi connectivity index (χ0v) is 12.9. The van der Waals surface area contributed by atoms with E-state index in [1.54, 1.807) is 6.07 Å². The van der Waals surface area contributed by atoms with Crippen LogP contribution in [0, 0.1) is 11.7 Å². The Morgan fingerprint density at radius 2 is 2.18 bits per heavy atom. The minimum Gasteiger partial charge on any atom is -0.493 e. The number of esters is 1. The highest BCUT2D eigenvalue weighted by Crippen LogP contribution is 2.45. The molecule has 1 saturated heterocycles. The Labute approximate surface area is 130 Å². The molecule has 22 heavy (non-hydrogen) atoms. The van der Waals surface area contributed by atoms with E-state index in [9.17, 15) is 9.18 Å². The van der Waals surface area contributed by atoms with Crippen molar-refractivity contribution in [2.45, 2.75) is 31.6 Å². The van der Waals surface area contributed by atoms with Crippen molar-refractivity contribution >= 4 is 5.97 Å². The molecule has 2 fully saturated rings. The van der Waals surface area contributed by atoms with Gasteiger partial charge in [-0.05, 0) is 49.8 Å². The summed E-state index contributed by atoms with van der Waals surface area (Å²) in [6.07, 6.45) is 4.41. The molecule has 0 spiro atoms. The zero-order chi connectivity index (χ0) is 15.5. The maximum absolute atomic E-state index is 14.1. The molecule has 4 nitrogen and oxygen atoms in total. The van der Waals surface area contributed by atoms with Gasteiger partial charge in [-0.15, -0.1) is 0 Å². The molecule has 1 aliphatic heterocycles. The summed E-state index contributed by atoms with van der Waals surface area (Å²) >= 11 is 0. The fourth-order valence-electron chi connectivity index (χ4n) is 2.95. The highest BCUT2D eigenvalue weighted by molar-refractivity contribution is 5.90. The summed E-state index contributed by atoms with van der Waals surface area (Å²) in [4.78, 5) is 11.6. The Hall–Kier alpha value is -1.62. The number of methoxy groups -OCH3 is 1. The normalized spacial score (nSPS) is 21.5. The summed E-state index contributed by atoms with van der Waals surface area (Å²) in [6.45, 7) is 2.59. The molecule has 0 unspecified atom stereocenters. The summed E-state index contributed by atoms with van der Waals surface area (Å²) < 4.78 is 24.7. The SMILES string of the molecule is COC(=O)c1cc(C2CC2)c(OC[C@H]2CCCNC2)cc1F. The van der Waals surface area contributed by atoms with E-state index in [1.165, 1.54) is 13.2 Å². The molecule has 1 aromatic carbocycles. The van der Waals surface area contributed by atoms with Crippen molar-refractivity contribution in [3.8, 4) is 5.75 Å². The number of carbonyl (C=O) groups excluding carboxylic acids is 1. The quantitative estimate of drug-likeness (QED) is 0.850. The van der Waals surface area contributed by atoms with Crippen LogP contribution in [0.15, 0.2) is 12.1 Å². The van der Waals surface area contributed by atoms with Gasteiger partial charge in [0.15, 0.2) is 0 Å². The molecule has 0 aromatic heterocycles. The van der Waals surface area contributed by atoms with Gasteiger partial charge in [0.1, 0.15) is 11.6 Å². The molecule has 1 atom stereocenters. The van der Waals surface area contributed by atoms with Gasteiger partial charge < -0.3 is 14.8 Å². The number of piperidine rings is 1. The lowest BCUT2D eigenvalue weighted by molar-refractivity contribution is 0.0595. The van der Waals surface area contributed by atoms with Gasteiger partial charge in [0, 0.05) is 18.5 Å². The third-order valence-corrected chi connectivity index (χ3v) is 4.40. The number of ether oxygens (including phenoxy) is 2. The van der Waals surface area contributed by atoms with E-state index in [1.807, 2.05) is 0 Å². The Balaban J connectivity index is 1.77. The summed E-state index contributed by atoms with van der Waals surface area (Å²) in [5, 5.41) is 3.35. The number of carbonyl (C=O) groups is 1. The van der Waals surface area contributed by atoms with Gasteiger partial charge in [-0.3, -0.25) is 0 Å². The van der Waals surface area contributed by atoms with E-state index in [-0.39, 0.29) is 5.56 Å². The number of benzene rings is 1. The summed E-state index contributed by atoms with van der Waals surface area (Å²) in [7, 11) is 1.26. The Kier molecular flexibility index (Phi) is 4.62. The molecule has 3 rings (SSSR count). The van der Waals surface area contributed by atoms with E-state index < -0.39 is 11.8 Å². The van der Waals surface area contributed by atoms with Crippen molar-refractivity contribution in [3.63, 3.8) is 0 Å². The molecule has 120 valence electrons. The maximum Gasteiger partial charge on any atom is 0.340 e. The molecule has 1 aromatic rings. The van der Waals surface area contributed by atoms with Crippen LogP contribution in [0.25, 0.3) is 0 Å². The largest absolute Gasteiger partial charge is 0.493 e. The zero-order valence-electron chi connectivity index (χ0n) is 12.9. The molecule has 2 aliphatic rings. The Morgan fingerprint density at radius 3 is 2.82 bits per heavy atom. The van der Waals surface area contributed by atoms with Gasteiger partial charge in [0.2, 0.25) is 0 Å². The maximum atomic E-state index is 14.1. The van der Waals surface area contributed by atoms with Crippen molar-refractivity contribution in [3.05, 3.63) is 29.1 Å². The van der Waals surface area contributed by atoms with Crippen LogP contribution in [0.3, 0.4) is 0 Å². The molecular weight excluding hydrogens is 285 g/mol. The van der Waals surface area contributed by atoms with Gasteiger partial charge in [0.05, 0.1) is 19.3 Å². The number of nitrogens with one attached hydrogen (secondary N) is 1. The number of rotatable bonds is 5. The van der Waals surface area contributed by atoms with Crippen LogP contribution < -0.4 is 10.1 Å². The molecule has 0 radical (unpaired) electrons. The van der Waals surface area contributed by atoms with Crippen LogP contribution in [-0.2, 0) is 4.74 Å². The average molecular weight is 307 g/mol. The lowest BCUT2D eigenvalue weighted by Crippen LogP contribution is -2.33. The number of halogens is 1. The molecule has 0 bridgehead atoms. The van der Waals surface area contributed by atoms with Crippen molar-refractivity contribution < 1.29 is 18.7 Å². The van der Waals surface area contributed by atoms with Crippen LogP contribution in [0.5, 0.6) is 5.75 Å². The minimum absolute atomic E-state index is 0.00363. The summed E-state index contributed by atoms with van der Waals surface area (Å²) in [5.74, 6) is 0.210. The Morgan fingerprint density at radius 1 is 1.36 bits per heavy atom. The standard InChI is InChI=1S/C17H22FNO3/c1-21-17(20)14-7-13(12-4-5-12)16(8-15(14)18)22-10-11-3-2-6-19-9-11/h7-8,11-12,19H,2-6,9-10H2,1H3/t11-/m0/s1. The second-order valence-electron chi connectivity index (χ2n) is 6.16. The van der Waals surface area contributed by atoms with E-state index in [2.05, 4.69) is 10.1 Å². The monoisotopic (exact) mass is 307 g/mol. The second kappa shape index (κ2) is 6.65. The third kappa shape index (κ3) is 3.40. The van der Waals surface area contributed by atoms with Gasteiger partial charge in [0.25, 0.3) is 0 Å². The van der Waals surface area contributed by atoms with Crippen LogP contribution in [0.1, 0.15) is 47.5 Å². The summed E-state index contributed by atoms with van der Waals surface area (Å²) in [5.41, 5.74) is 0.932. The van der Waals surface area contributed by atoms with Crippen LogP contribution >= 0.6 is 0 Å². The summed E-state index contributed by atoms with van der Waals surface area (Å²) in [6, 6.07) is 2.95. The number of hydrogen-bond donors (Lipinski definition) is 1. The Bertz CT molecular complexity index is 551. The highest BCUT2D eigenvalue weighted by Gasteiger charge is 2.30. The minimum atomic E-state index is -0.637. The van der Waals surface area contributed by atoms with Gasteiger partial charge in [-0.25, -0.2) is 9.18 Å². The van der Waals surface area contributed by atoms with Gasteiger partial charge in [-0.2, -0.15) is 0 Å². The van der Waals surface area contributed by atoms with Crippen molar-refractivity contribution in [1.29, 1.82) is 0 Å². The first-order valence-corrected chi connectivity index (χ1v) is 7.94. The molecule has 1 heterocycles. The van der Waals surface area contributed by atoms with Crippen molar-refractivity contribution in [1.82, 2.24) is 5.32 Å². The predicted molar refractivity (Wildman–Crippen MR) is 80.8 cm³/mol. The molecule has 1 aliphatic carbocycles. The van der Waals surface area contributed by atoms with E-state index in [0.29, 0.717) is 24.2 Å². The molecule has 0 amide bonds. The van der Waals surface area contributed by atoms with Gasteiger partial charge >= 0.3 is 5.97 Å². The molecule has 1 saturated carbocycles. The fourth-order valence-corrected chi connectivity index (χ4v) is 2.95. The topological polar surface area (TPSA) is 47.6 Å². The first-order valence-electron chi connectivity index (χ1n) is 7.94. The van der Waals surface area contributed by atoms with Crippen LogP contribution in [0.4, 0.5) is 4.39 Å². The lowest BCUT2D eigenvalue weighted by Gasteiger charge is -2.23. The van der Waals surface area contributed by atoms with Gasteiger partial charge in [-0.1, -0.05) is 0 Å². The van der Waals surface area contributed by atoms with Crippen molar-refractivity contribution in [2.24, 2.45) is 5.92 Å². The third-order valence-electron chi connectivity index (χ3n) is 4.40. The highest BCUT2D eigenvalue weighted by atomic mass is 19.1. The van der Waals surface area contributed by atoms with E-state index in [0.717, 1.165) is 44.3 Å². The van der Waals surface area contributed by atoms with E-state index in [4.69, 9.17) is 4.74 Å². The molecule has 5 heteroatoms. The molecule has 1 N–H and O–H groups in total.